The van der Waals surface area contributed by atoms with Crippen LogP contribution in [0.1, 0.15) is 5.56 Å². The van der Waals surface area contributed by atoms with Crippen molar-refractivity contribution in [2.24, 2.45) is 0 Å². The molecule has 0 bridgehead atoms. The Kier molecular flexibility index (Phi) is 4.32. The Bertz CT molecular complexity index is 873. The molecule has 2 heterocycles. The van der Waals surface area contributed by atoms with Gasteiger partial charge < -0.3 is 0 Å². The quantitative estimate of drug-likeness (QED) is 0.715. The molecule has 0 saturated carbocycles. The SMILES string of the molecule is O=S(=O)(Nc1cccc(Cn2cccn2)c1)c1ccc(Br)s1. The molecule has 0 saturated heterocycles. The van der Waals surface area contributed by atoms with Gasteiger partial charge in [-0.15, -0.1) is 11.3 Å². The van der Waals surface area contributed by atoms with E-state index in [0.717, 1.165) is 9.35 Å². The lowest BCUT2D eigenvalue weighted by Gasteiger charge is -2.08. The van der Waals surface area contributed by atoms with E-state index in [1.807, 2.05) is 30.5 Å². The topological polar surface area (TPSA) is 64.0 Å². The van der Waals surface area contributed by atoms with E-state index in [1.165, 1.54) is 11.3 Å². The Labute approximate surface area is 140 Å². The number of hydrogen-bond donors (Lipinski definition) is 1. The molecule has 3 aromatic rings. The predicted octanol–water partition coefficient (Wildman–Crippen LogP) is 3.56. The van der Waals surface area contributed by atoms with Crippen LogP contribution in [0.15, 0.2) is 62.9 Å². The first kappa shape index (κ1) is 15.3. The van der Waals surface area contributed by atoms with E-state index in [0.29, 0.717) is 12.2 Å². The minimum Gasteiger partial charge on any atom is -0.279 e. The van der Waals surface area contributed by atoms with Crippen LogP contribution in [-0.4, -0.2) is 18.2 Å². The monoisotopic (exact) mass is 397 g/mol. The van der Waals surface area contributed by atoms with Crippen LogP contribution < -0.4 is 4.72 Å². The van der Waals surface area contributed by atoms with Gasteiger partial charge in [0, 0.05) is 18.1 Å². The summed E-state index contributed by atoms with van der Waals surface area (Å²) in [5, 5.41) is 4.14. The molecular formula is C14H12BrN3O2S2. The van der Waals surface area contributed by atoms with Crippen LogP contribution in [0.4, 0.5) is 5.69 Å². The standard InChI is InChI=1S/C14H12BrN3O2S2/c15-13-5-6-14(21-13)22(19,20)17-12-4-1-3-11(9-12)10-18-8-2-7-16-18/h1-9,17H,10H2. The highest BCUT2D eigenvalue weighted by Gasteiger charge is 2.16. The van der Waals surface area contributed by atoms with E-state index in [2.05, 4.69) is 25.8 Å². The van der Waals surface area contributed by atoms with E-state index in [-0.39, 0.29) is 4.21 Å². The second-order valence-electron chi connectivity index (χ2n) is 4.57. The molecule has 0 aliphatic rings. The zero-order chi connectivity index (χ0) is 15.6. The molecule has 1 N–H and O–H groups in total. The van der Waals surface area contributed by atoms with Crippen LogP contribution in [0, 0.1) is 0 Å². The van der Waals surface area contributed by atoms with Crippen molar-refractivity contribution in [1.29, 1.82) is 0 Å². The van der Waals surface area contributed by atoms with Gasteiger partial charge in [0.05, 0.1) is 10.3 Å². The van der Waals surface area contributed by atoms with Crippen molar-refractivity contribution < 1.29 is 8.42 Å². The largest absolute Gasteiger partial charge is 0.279 e. The van der Waals surface area contributed by atoms with Gasteiger partial charge in [0.25, 0.3) is 10.0 Å². The summed E-state index contributed by atoms with van der Waals surface area (Å²) in [5.74, 6) is 0. The van der Waals surface area contributed by atoms with Crippen LogP contribution in [0.25, 0.3) is 0 Å². The number of sulfonamides is 1. The minimum absolute atomic E-state index is 0.275. The van der Waals surface area contributed by atoms with Crippen molar-refractivity contribution in [1.82, 2.24) is 9.78 Å². The third-order valence-corrected chi connectivity index (χ3v) is 6.39. The maximum Gasteiger partial charge on any atom is 0.271 e. The van der Waals surface area contributed by atoms with E-state index >= 15 is 0 Å². The number of rotatable bonds is 5. The van der Waals surface area contributed by atoms with Crippen molar-refractivity contribution in [3.63, 3.8) is 0 Å². The smallest absolute Gasteiger partial charge is 0.271 e. The zero-order valence-corrected chi connectivity index (χ0v) is 14.5. The lowest BCUT2D eigenvalue weighted by atomic mass is 10.2. The molecule has 1 aromatic carbocycles. The normalized spacial score (nSPS) is 11.5. The summed E-state index contributed by atoms with van der Waals surface area (Å²) in [4.78, 5) is 0. The number of anilines is 1. The Balaban J connectivity index is 1.80. The second kappa shape index (κ2) is 6.23. The average molecular weight is 398 g/mol. The summed E-state index contributed by atoms with van der Waals surface area (Å²) in [6.07, 6.45) is 3.57. The van der Waals surface area contributed by atoms with Gasteiger partial charge in [-0.1, -0.05) is 12.1 Å². The van der Waals surface area contributed by atoms with Crippen molar-refractivity contribution in [3.8, 4) is 0 Å². The molecule has 22 heavy (non-hydrogen) atoms. The summed E-state index contributed by atoms with van der Waals surface area (Å²) in [6.45, 7) is 0.590. The summed E-state index contributed by atoms with van der Waals surface area (Å²) in [7, 11) is -3.56. The maximum absolute atomic E-state index is 12.3. The molecule has 2 aromatic heterocycles. The number of aromatic nitrogens is 2. The third-order valence-electron chi connectivity index (χ3n) is 2.90. The fourth-order valence-electron chi connectivity index (χ4n) is 1.96. The molecule has 0 radical (unpaired) electrons. The van der Waals surface area contributed by atoms with Crippen molar-refractivity contribution in [2.45, 2.75) is 10.8 Å². The summed E-state index contributed by atoms with van der Waals surface area (Å²) in [6, 6.07) is 12.4. The van der Waals surface area contributed by atoms with Gasteiger partial charge in [-0.05, 0) is 51.8 Å². The van der Waals surface area contributed by atoms with Crippen LogP contribution in [0.3, 0.4) is 0 Å². The van der Waals surface area contributed by atoms with E-state index in [1.54, 1.807) is 29.1 Å². The van der Waals surface area contributed by atoms with Crippen molar-refractivity contribution >= 4 is 43.0 Å². The molecule has 5 nitrogen and oxygen atoms in total. The molecule has 0 atom stereocenters. The van der Waals surface area contributed by atoms with Gasteiger partial charge in [0.15, 0.2) is 0 Å². The van der Waals surface area contributed by atoms with Crippen molar-refractivity contribution in [2.75, 3.05) is 4.72 Å². The molecule has 0 aliphatic carbocycles. The van der Waals surface area contributed by atoms with Crippen LogP contribution in [0.2, 0.25) is 0 Å². The Morgan fingerprint density at radius 2 is 2.09 bits per heavy atom. The summed E-state index contributed by atoms with van der Waals surface area (Å²) >= 11 is 4.45. The van der Waals surface area contributed by atoms with Gasteiger partial charge in [-0.25, -0.2) is 8.42 Å². The lowest BCUT2D eigenvalue weighted by Crippen LogP contribution is -2.11. The lowest BCUT2D eigenvalue weighted by molar-refractivity contribution is 0.603. The number of nitrogens with zero attached hydrogens (tertiary/aromatic N) is 2. The highest BCUT2D eigenvalue weighted by atomic mass is 79.9. The van der Waals surface area contributed by atoms with Crippen LogP contribution in [-0.2, 0) is 16.6 Å². The van der Waals surface area contributed by atoms with Gasteiger partial charge in [0.1, 0.15) is 4.21 Å². The first-order chi connectivity index (χ1) is 10.5. The number of nitrogens with one attached hydrogen (secondary N) is 1. The summed E-state index contributed by atoms with van der Waals surface area (Å²) < 4.78 is 30.0. The Morgan fingerprint density at radius 1 is 1.23 bits per heavy atom. The van der Waals surface area contributed by atoms with Gasteiger partial charge in [-0.3, -0.25) is 9.40 Å². The van der Waals surface area contributed by atoms with Crippen molar-refractivity contribution in [3.05, 3.63) is 64.2 Å². The number of thiophene rings is 1. The molecule has 3 rings (SSSR count). The maximum atomic E-state index is 12.3. The molecule has 0 unspecified atom stereocenters. The summed E-state index contributed by atoms with van der Waals surface area (Å²) in [5.41, 5.74) is 1.51. The van der Waals surface area contributed by atoms with Gasteiger partial charge in [0.2, 0.25) is 0 Å². The molecule has 0 amide bonds. The van der Waals surface area contributed by atoms with Crippen LogP contribution >= 0.6 is 27.3 Å². The predicted molar refractivity (Wildman–Crippen MR) is 90.6 cm³/mol. The third kappa shape index (κ3) is 3.57. The first-order valence-corrected chi connectivity index (χ1v) is 9.47. The highest BCUT2D eigenvalue weighted by Crippen LogP contribution is 2.27. The minimum atomic E-state index is -3.56. The van der Waals surface area contributed by atoms with Gasteiger partial charge >= 0.3 is 0 Å². The molecule has 0 fully saturated rings. The molecular weight excluding hydrogens is 386 g/mol. The number of hydrogen-bond acceptors (Lipinski definition) is 4. The molecule has 8 heteroatoms. The first-order valence-electron chi connectivity index (χ1n) is 6.37. The zero-order valence-electron chi connectivity index (χ0n) is 11.3. The molecule has 0 spiro atoms. The Morgan fingerprint density at radius 3 is 2.77 bits per heavy atom. The fraction of sp³-hybridized carbons (Fsp3) is 0.0714. The van der Waals surface area contributed by atoms with E-state index < -0.39 is 10.0 Å². The molecule has 114 valence electrons. The van der Waals surface area contributed by atoms with Gasteiger partial charge in [-0.2, -0.15) is 5.10 Å². The van der Waals surface area contributed by atoms with E-state index in [9.17, 15) is 8.42 Å². The Hall–Kier alpha value is -1.64. The molecule has 0 aliphatic heterocycles. The number of benzene rings is 1. The second-order valence-corrected chi connectivity index (χ2v) is 8.94. The fourth-order valence-corrected chi connectivity index (χ4v) is 5.02. The number of halogens is 1. The average Bonchev–Trinajstić information content (AvgIpc) is 3.10. The highest BCUT2D eigenvalue weighted by molar-refractivity contribution is 9.11. The van der Waals surface area contributed by atoms with Crippen LogP contribution in [0.5, 0.6) is 0 Å². The van der Waals surface area contributed by atoms with E-state index in [4.69, 9.17) is 0 Å².